The molecule has 1 rings (SSSR count). The van der Waals surface area contributed by atoms with Crippen molar-refractivity contribution in [3.05, 3.63) is 29.3 Å². The van der Waals surface area contributed by atoms with Crippen molar-refractivity contribution < 1.29 is 19.1 Å². The molecule has 7 heteroatoms. The molecule has 0 aliphatic rings. The van der Waals surface area contributed by atoms with Crippen LogP contribution < -0.4 is 20.9 Å². The van der Waals surface area contributed by atoms with Gasteiger partial charge in [0.15, 0.2) is 0 Å². The summed E-state index contributed by atoms with van der Waals surface area (Å²) >= 11 is 0. The molecular weight excluding hydrogens is 286 g/mol. The van der Waals surface area contributed by atoms with Gasteiger partial charge in [-0.1, -0.05) is 17.7 Å². The van der Waals surface area contributed by atoms with Crippen LogP contribution in [0.2, 0.25) is 0 Å². The van der Waals surface area contributed by atoms with Crippen LogP contribution in [0.4, 0.5) is 0 Å². The van der Waals surface area contributed by atoms with Crippen molar-refractivity contribution in [2.24, 2.45) is 0 Å². The lowest BCUT2D eigenvalue weighted by molar-refractivity contribution is -0.141. The van der Waals surface area contributed by atoms with E-state index in [1.54, 1.807) is 19.9 Å². The number of carbonyl (C=O) groups is 3. The number of benzene rings is 1. The predicted octanol–water partition coefficient (Wildman–Crippen LogP) is 0.218. The van der Waals surface area contributed by atoms with Crippen LogP contribution in [0, 0.1) is 6.92 Å². The second-order valence-electron chi connectivity index (χ2n) is 5.12. The van der Waals surface area contributed by atoms with E-state index in [1.807, 2.05) is 19.1 Å². The Morgan fingerprint density at radius 2 is 1.82 bits per heavy atom. The Kier molecular flexibility index (Phi) is 6.37. The molecule has 1 aromatic rings. The average molecular weight is 307 g/mol. The summed E-state index contributed by atoms with van der Waals surface area (Å²) in [5.41, 5.74) is 5.95. The molecule has 0 spiro atoms. The molecule has 0 heterocycles. The van der Waals surface area contributed by atoms with Crippen LogP contribution in [0.1, 0.15) is 25.0 Å². The van der Waals surface area contributed by atoms with Gasteiger partial charge in [0.1, 0.15) is 5.75 Å². The molecule has 0 aliphatic heterocycles. The summed E-state index contributed by atoms with van der Waals surface area (Å²) in [5.74, 6) is -1.58. The summed E-state index contributed by atoms with van der Waals surface area (Å²) < 4.78 is 5.18. The van der Waals surface area contributed by atoms with Gasteiger partial charge < -0.3 is 10.1 Å². The van der Waals surface area contributed by atoms with Crippen molar-refractivity contribution in [1.82, 2.24) is 16.2 Å². The maximum absolute atomic E-state index is 11.8. The van der Waals surface area contributed by atoms with Gasteiger partial charge in [-0.15, -0.1) is 0 Å². The second-order valence-corrected chi connectivity index (χ2v) is 5.12. The van der Waals surface area contributed by atoms with Crippen LogP contribution in [0.15, 0.2) is 18.2 Å². The van der Waals surface area contributed by atoms with Crippen molar-refractivity contribution in [3.8, 4) is 5.75 Å². The first-order valence-electron chi connectivity index (χ1n) is 6.86. The fraction of sp³-hybridized carbons (Fsp3) is 0.400. The van der Waals surface area contributed by atoms with E-state index >= 15 is 0 Å². The maximum Gasteiger partial charge on any atom is 0.327 e. The number of hydrazine groups is 1. The van der Waals surface area contributed by atoms with Crippen molar-refractivity contribution in [1.29, 1.82) is 0 Å². The van der Waals surface area contributed by atoms with Gasteiger partial charge in [-0.25, -0.2) is 0 Å². The Labute approximate surface area is 129 Å². The molecule has 7 nitrogen and oxygen atoms in total. The van der Waals surface area contributed by atoms with Gasteiger partial charge in [0.2, 0.25) is 5.91 Å². The summed E-state index contributed by atoms with van der Waals surface area (Å²) in [7, 11) is 1.52. The predicted molar refractivity (Wildman–Crippen MR) is 81.0 cm³/mol. The van der Waals surface area contributed by atoms with E-state index < -0.39 is 17.7 Å². The highest BCUT2D eigenvalue weighted by Gasteiger charge is 2.15. The monoisotopic (exact) mass is 307 g/mol. The number of rotatable bonds is 4. The Morgan fingerprint density at radius 1 is 1.14 bits per heavy atom. The molecular formula is C15H21N3O4. The highest BCUT2D eigenvalue weighted by atomic mass is 16.5. The number of carbonyl (C=O) groups excluding carboxylic acids is 3. The van der Waals surface area contributed by atoms with E-state index in [4.69, 9.17) is 4.74 Å². The van der Waals surface area contributed by atoms with Gasteiger partial charge >= 0.3 is 11.8 Å². The molecule has 0 aromatic heterocycles. The van der Waals surface area contributed by atoms with Crippen LogP contribution >= 0.6 is 0 Å². The minimum absolute atomic E-state index is 0.0247. The molecule has 0 atom stereocenters. The Bertz CT molecular complexity index is 570. The Balaban J connectivity index is 2.55. The molecule has 0 saturated heterocycles. The number of hydrogen-bond acceptors (Lipinski definition) is 4. The van der Waals surface area contributed by atoms with Gasteiger partial charge in [-0.2, -0.15) is 0 Å². The SMILES string of the molecule is COc1ccc(C)cc1CC(=O)NNC(=O)C(=O)NC(C)C. The molecule has 0 bridgehead atoms. The van der Waals surface area contributed by atoms with Crippen molar-refractivity contribution in [3.63, 3.8) is 0 Å². The summed E-state index contributed by atoms with van der Waals surface area (Å²) in [4.78, 5) is 34.7. The van der Waals surface area contributed by atoms with Crippen molar-refractivity contribution >= 4 is 17.7 Å². The van der Waals surface area contributed by atoms with Crippen LogP contribution in [0.25, 0.3) is 0 Å². The zero-order valence-corrected chi connectivity index (χ0v) is 13.1. The lowest BCUT2D eigenvalue weighted by Gasteiger charge is -2.11. The fourth-order valence-corrected chi connectivity index (χ4v) is 1.77. The molecule has 22 heavy (non-hydrogen) atoms. The highest BCUT2D eigenvalue weighted by Crippen LogP contribution is 2.19. The third kappa shape index (κ3) is 5.43. The molecule has 120 valence electrons. The maximum atomic E-state index is 11.8. The molecule has 0 aliphatic carbocycles. The van der Waals surface area contributed by atoms with E-state index in [0.717, 1.165) is 5.56 Å². The smallest absolute Gasteiger partial charge is 0.327 e. The first-order valence-corrected chi connectivity index (χ1v) is 6.86. The van der Waals surface area contributed by atoms with Gasteiger partial charge in [0.25, 0.3) is 0 Å². The molecule has 1 aromatic carbocycles. The first-order chi connectivity index (χ1) is 10.3. The topological polar surface area (TPSA) is 96.5 Å². The van der Waals surface area contributed by atoms with Crippen molar-refractivity contribution in [2.45, 2.75) is 33.2 Å². The zero-order chi connectivity index (χ0) is 16.7. The van der Waals surface area contributed by atoms with E-state index in [9.17, 15) is 14.4 Å². The minimum atomic E-state index is -0.918. The summed E-state index contributed by atoms with van der Waals surface area (Å²) in [6.07, 6.45) is 0.0247. The Hall–Kier alpha value is -2.57. The molecule has 0 radical (unpaired) electrons. The van der Waals surface area contributed by atoms with Crippen LogP contribution in [0.3, 0.4) is 0 Å². The molecule has 0 unspecified atom stereocenters. The molecule has 3 N–H and O–H groups in total. The molecule has 0 fully saturated rings. The number of methoxy groups -OCH3 is 1. The normalized spacial score (nSPS) is 10.0. The molecule has 3 amide bonds. The van der Waals surface area contributed by atoms with Crippen LogP contribution in [-0.4, -0.2) is 30.9 Å². The van der Waals surface area contributed by atoms with Crippen LogP contribution in [0.5, 0.6) is 5.75 Å². The van der Waals surface area contributed by atoms with Gasteiger partial charge in [-0.05, 0) is 26.8 Å². The van der Waals surface area contributed by atoms with E-state index in [1.165, 1.54) is 7.11 Å². The summed E-state index contributed by atoms with van der Waals surface area (Å²) in [5, 5.41) is 2.42. The first kappa shape index (κ1) is 17.5. The van der Waals surface area contributed by atoms with E-state index in [0.29, 0.717) is 11.3 Å². The standard InChI is InChI=1S/C15H21N3O4/c1-9(2)16-14(20)15(21)18-17-13(19)8-11-7-10(3)5-6-12(11)22-4/h5-7,9H,8H2,1-4H3,(H,16,20)(H,17,19)(H,18,21). The van der Waals surface area contributed by atoms with E-state index in [2.05, 4.69) is 16.2 Å². The third-order valence-corrected chi connectivity index (χ3v) is 2.73. The molecule has 0 saturated carbocycles. The number of hydrogen-bond donors (Lipinski definition) is 3. The minimum Gasteiger partial charge on any atom is -0.496 e. The van der Waals surface area contributed by atoms with E-state index in [-0.39, 0.29) is 12.5 Å². The lowest BCUT2D eigenvalue weighted by Crippen LogP contribution is -2.50. The summed E-state index contributed by atoms with van der Waals surface area (Å²) in [6, 6.07) is 5.31. The van der Waals surface area contributed by atoms with Crippen molar-refractivity contribution in [2.75, 3.05) is 7.11 Å². The number of nitrogens with one attached hydrogen (secondary N) is 3. The largest absolute Gasteiger partial charge is 0.496 e. The fourth-order valence-electron chi connectivity index (χ4n) is 1.77. The quantitative estimate of drug-likeness (QED) is 0.547. The average Bonchev–Trinajstić information content (AvgIpc) is 2.44. The number of aryl methyl sites for hydroxylation is 1. The lowest BCUT2D eigenvalue weighted by atomic mass is 10.1. The number of ether oxygens (including phenoxy) is 1. The number of amides is 3. The second kappa shape index (κ2) is 8.02. The highest BCUT2D eigenvalue weighted by molar-refractivity contribution is 6.35. The third-order valence-electron chi connectivity index (χ3n) is 2.73. The summed E-state index contributed by atoms with van der Waals surface area (Å²) in [6.45, 7) is 5.36. The van der Waals surface area contributed by atoms with Crippen LogP contribution in [-0.2, 0) is 20.8 Å². The van der Waals surface area contributed by atoms with Gasteiger partial charge in [0, 0.05) is 11.6 Å². The van der Waals surface area contributed by atoms with Gasteiger partial charge in [-0.3, -0.25) is 25.2 Å². The Morgan fingerprint density at radius 3 is 2.41 bits per heavy atom. The van der Waals surface area contributed by atoms with Gasteiger partial charge in [0.05, 0.1) is 13.5 Å². The zero-order valence-electron chi connectivity index (χ0n) is 13.1.